The number of carbonyl (C=O) groups excluding carboxylic acids is 2. The van der Waals surface area contributed by atoms with Gasteiger partial charge in [-0.1, -0.05) is 19.1 Å². The Labute approximate surface area is 125 Å². The van der Waals surface area contributed by atoms with Crippen LogP contribution >= 0.6 is 0 Å². The lowest BCUT2D eigenvalue weighted by molar-refractivity contribution is -0.118. The van der Waals surface area contributed by atoms with Crippen molar-refractivity contribution in [2.24, 2.45) is 0 Å². The molecule has 0 saturated carbocycles. The van der Waals surface area contributed by atoms with E-state index in [4.69, 9.17) is 0 Å². The summed E-state index contributed by atoms with van der Waals surface area (Å²) >= 11 is 0. The quantitative estimate of drug-likeness (QED) is 0.747. The van der Waals surface area contributed by atoms with E-state index in [1.807, 2.05) is 6.07 Å². The summed E-state index contributed by atoms with van der Waals surface area (Å²) < 4.78 is 0. The van der Waals surface area contributed by atoms with Gasteiger partial charge < -0.3 is 10.6 Å². The van der Waals surface area contributed by atoms with Crippen LogP contribution in [0.3, 0.4) is 0 Å². The molecule has 1 aliphatic rings. The second kappa shape index (κ2) is 7.33. The summed E-state index contributed by atoms with van der Waals surface area (Å²) in [7, 11) is 0. The van der Waals surface area contributed by atoms with Gasteiger partial charge in [0, 0.05) is 24.7 Å². The molecule has 1 aromatic rings. The standard InChI is InChI=1S/C16H23N3O2/c1-3-8-19(13-9-17-10-13)11-16(21)18-15-7-5-4-6-14(15)12(2)20/h4-7,13,17H,3,8-11H2,1-2H3,(H,18,21). The molecule has 0 unspecified atom stereocenters. The SMILES string of the molecule is CCCN(CC(=O)Nc1ccccc1C(C)=O)C1CNC1. The topological polar surface area (TPSA) is 61.4 Å². The van der Waals surface area contributed by atoms with Crippen LogP contribution in [-0.2, 0) is 4.79 Å². The monoisotopic (exact) mass is 289 g/mol. The molecule has 114 valence electrons. The normalized spacial score (nSPS) is 14.8. The Morgan fingerprint density at radius 1 is 1.33 bits per heavy atom. The third-order valence-corrected chi connectivity index (χ3v) is 3.71. The zero-order chi connectivity index (χ0) is 15.2. The van der Waals surface area contributed by atoms with Crippen LogP contribution in [0.5, 0.6) is 0 Å². The molecule has 1 aromatic carbocycles. The predicted octanol–water partition coefficient (Wildman–Crippen LogP) is 1.51. The van der Waals surface area contributed by atoms with Gasteiger partial charge in [0.15, 0.2) is 5.78 Å². The van der Waals surface area contributed by atoms with Crippen LogP contribution in [0.4, 0.5) is 5.69 Å². The first-order valence-electron chi connectivity index (χ1n) is 7.46. The van der Waals surface area contributed by atoms with E-state index >= 15 is 0 Å². The molecule has 21 heavy (non-hydrogen) atoms. The zero-order valence-electron chi connectivity index (χ0n) is 12.7. The maximum Gasteiger partial charge on any atom is 0.238 e. The number of nitrogens with zero attached hydrogens (tertiary/aromatic N) is 1. The average Bonchev–Trinajstić information content (AvgIpc) is 2.37. The fourth-order valence-electron chi connectivity index (χ4n) is 2.48. The lowest BCUT2D eigenvalue weighted by atomic mass is 10.1. The zero-order valence-corrected chi connectivity index (χ0v) is 12.7. The number of anilines is 1. The molecule has 1 heterocycles. The minimum Gasteiger partial charge on any atom is -0.324 e. The highest BCUT2D eigenvalue weighted by Gasteiger charge is 2.25. The van der Waals surface area contributed by atoms with Gasteiger partial charge in [-0.25, -0.2) is 0 Å². The van der Waals surface area contributed by atoms with Gasteiger partial charge in [-0.3, -0.25) is 14.5 Å². The fourth-order valence-corrected chi connectivity index (χ4v) is 2.48. The first-order valence-corrected chi connectivity index (χ1v) is 7.46. The highest BCUT2D eigenvalue weighted by molar-refractivity contribution is 6.04. The van der Waals surface area contributed by atoms with E-state index in [9.17, 15) is 9.59 Å². The number of para-hydroxylation sites is 1. The number of hydrogen-bond donors (Lipinski definition) is 2. The molecular weight excluding hydrogens is 266 g/mol. The van der Waals surface area contributed by atoms with Crippen molar-refractivity contribution in [1.82, 2.24) is 10.2 Å². The van der Waals surface area contributed by atoms with Crippen LogP contribution < -0.4 is 10.6 Å². The van der Waals surface area contributed by atoms with Gasteiger partial charge in [0.25, 0.3) is 0 Å². The van der Waals surface area contributed by atoms with E-state index in [1.165, 1.54) is 6.92 Å². The molecule has 0 atom stereocenters. The van der Waals surface area contributed by atoms with Crippen molar-refractivity contribution >= 4 is 17.4 Å². The largest absolute Gasteiger partial charge is 0.324 e. The molecule has 1 fully saturated rings. The number of ketones is 1. The third-order valence-electron chi connectivity index (χ3n) is 3.71. The molecule has 0 spiro atoms. The van der Waals surface area contributed by atoms with Gasteiger partial charge in [-0.2, -0.15) is 0 Å². The van der Waals surface area contributed by atoms with Gasteiger partial charge in [-0.15, -0.1) is 0 Å². The molecule has 1 amide bonds. The average molecular weight is 289 g/mol. The highest BCUT2D eigenvalue weighted by atomic mass is 16.2. The summed E-state index contributed by atoms with van der Waals surface area (Å²) in [5.41, 5.74) is 1.15. The summed E-state index contributed by atoms with van der Waals surface area (Å²) in [4.78, 5) is 26.0. The van der Waals surface area contributed by atoms with Gasteiger partial charge in [0.05, 0.1) is 12.2 Å². The van der Waals surface area contributed by atoms with Crippen LogP contribution in [0.1, 0.15) is 30.6 Å². The van der Waals surface area contributed by atoms with Crippen molar-refractivity contribution in [3.8, 4) is 0 Å². The second-order valence-corrected chi connectivity index (χ2v) is 5.43. The van der Waals surface area contributed by atoms with E-state index < -0.39 is 0 Å². The minimum atomic E-state index is -0.0657. The van der Waals surface area contributed by atoms with Gasteiger partial charge in [0.2, 0.25) is 5.91 Å². The lowest BCUT2D eigenvalue weighted by Gasteiger charge is -2.37. The Morgan fingerprint density at radius 3 is 2.62 bits per heavy atom. The smallest absolute Gasteiger partial charge is 0.238 e. The van der Waals surface area contributed by atoms with Gasteiger partial charge >= 0.3 is 0 Å². The molecule has 5 heteroatoms. The molecule has 1 aliphatic heterocycles. The van der Waals surface area contributed by atoms with Crippen LogP contribution in [0.25, 0.3) is 0 Å². The van der Waals surface area contributed by atoms with E-state index in [1.54, 1.807) is 18.2 Å². The van der Waals surface area contributed by atoms with Crippen molar-refractivity contribution in [3.05, 3.63) is 29.8 Å². The molecule has 0 radical (unpaired) electrons. The van der Waals surface area contributed by atoms with E-state index in [2.05, 4.69) is 22.5 Å². The van der Waals surface area contributed by atoms with Crippen molar-refractivity contribution in [1.29, 1.82) is 0 Å². The molecule has 0 bridgehead atoms. The Balaban J connectivity index is 1.98. The van der Waals surface area contributed by atoms with Gasteiger partial charge in [0.1, 0.15) is 0 Å². The Hall–Kier alpha value is -1.72. The van der Waals surface area contributed by atoms with E-state index in [0.29, 0.717) is 23.8 Å². The minimum absolute atomic E-state index is 0.0421. The van der Waals surface area contributed by atoms with Crippen molar-refractivity contribution in [2.75, 3.05) is 31.5 Å². The molecule has 5 nitrogen and oxygen atoms in total. The summed E-state index contributed by atoms with van der Waals surface area (Å²) in [5, 5.41) is 6.09. The number of carbonyl (C=O) groups is 2. The molecule has 0 aliphatic carbocycles. The summed E-state index contributed by atoms with van der Waals surface area (Å²) in [5.74, 6) is -0.108. The number of nitrogens with one attached hydrogen (secondary N) is 2. The number of benzene rings is 1. The number of hydrogen-bond acceptors (Lipinski definition) is 4. The first kappa shape index (κ1) is 15.7. The number of amides is 1. The lowest BCUT2D eigenvalue weighted by Crippen LogP contribution is -2.58. The van der Waals surface area contributed by atoms with Gasteiger partial charge in [-0.05, 0) is 32.0 Å². The van der Waals surface area contributed by atoms with E-state index in [0.717, 1.165) is 26.1 Å². The Bertz CT molecular complexity index is 512. The van der Waals surface area contributed by atoms with Crippen molar-refractivity contribution in [2.45, 2.75) is 26.3 Å². The fraction of sp³-hybridized carbons (Fsp3) is 0.500. The van der Waals surface area contributed by atoms with Crippen molar-refractivity contribution in [3.63, 3.8) is 0 Å². The number of rotatable bonds is 7. The van der Waals surface area contributed by atoms with Crippen LogP contribution in [0.2, 0.25) is 0 Å². The van der Waals surface area contributed by atoms with Crippen molar-refractivity contribution < 1.29 is 9.59 Å². The maximum atomic E-state index is 12.2. The molecule has 2 N–H and O–H groups in total. The predicted molar refractivity (Wildman–Crippen MR) is 83.6 cm³/mol. The van der Waals surface area contributed by atoms with E-state index in [-0.39, 0.29) is 11.7 Å². The van der Waals surface area contributed by atoms with Crippen LogP contribution in [-0.4, -0.2) is 48.8 Å². The summed E-state index contributed by atoms with van der Waals surface area (Å²) in [6.07, 6.45) is 1.02. The molecular formula is C16H23N3O2. The molecule has 2 rings (SSSR count). The van der Waals surface area contributed by atoms with Crippen LogP contribution in [0, 0.1) is 0 Å². The molecule has 0 aromatic heterocycles. The second-order valence-electron chi connectivity index (χ2n) is 5.43. The Morgan fingerprint density at radius 2 is 2.05 bits per heavy atom. The first-order chi connectivity index (χ1) is 10.1. The van der Waals surface area contributed by atoms with Crippen LogP contribution in [0.15, 0.2) is 24.3 Å². The maximum absolute atomic E-state index is 12.2. The third kappa shape index (κ3) is 4.12. The Kier molecular flexibility index (Phi) is 5.47. The number of Topliss-reactive ketones (excluding diaryl/α,β-unsaturated/α-hetero) is 1. The summed E-state index contributed by atoms with van der Waals surface area (Å²) in [6.45, 7) is 6.78. The summed E-state index contributed by atoms with van der Waals surface area (Å²) in [6, 6.07) is 7.57. The molecule has 1 saturated heterocycles. The highest BCUT2D eigenvalue weighted by Crippen LogP contribution is 2.16.